The van der Waals surface area contributed by atoms with Crippen LogP contribution in [-0.2, 0) is 9.53 Å². The number of nitrogens with one attached hydrogen (secondary N) is 1. The maximum atomic E-state index is 11.1. The van der Waals surface area contributed by atoms with Gasteiger partial charge in [-0.2, -0.15) is 0 Å². The van der Waals surface area contributed by atoms with Gasteiger partial charge in [0.2, 0.25) is 0 Å². The van der Waals surface area contributed by atoms with Gasteiger partial charge in [-0.15, -0.1) is 0 Å². The normalized spacial score (nSPS) is 10.1. The Bertz CT molecular complexity index is 801. The molecule has 29 heavy (non-hydrogen) atoms. The van der Waals surface area contributed by atoms with Gasteiger partial charge in [-0.05, 0) is 56.3 Å². The van der Waals surface area contributed by atoms with Crippen LogP contribution in [0.1, 0.15) is 42.3 Å². The van der Waals surface area contributed by atoms with E-state index in [9.17, 15) is 9.59 Å². The monoisotopic (exact) mass is 400 g/mol. The highest BCUT2D eigenvalue weighted by Crippen LogP contribution is 2.25. The number of carbonyl (C=O) groups is 2. The van der Waals surface area contributed by atoms with Gasteiger partial charge in [-0.3, -0.25) is 4.79 Å². The molecule has 0 saturated heterocycles. The van der Waals surface area contributed by atoms with Crippen molar-refractivity contribution >= 4 is 23.3 Å². The van der Waals surface area contributed by atoms with Crippen molar-refractivity contribution in [1.82, 2.24) is 4.90 Å². The summed E-state index contributed by atoms with van der Waals surface area (Å²) in [5.41, 5.74) is 4.12. The van der Waals surface area contributed by atoms with Gasteiger partial charge in [0.05, 0.1) is 11.3 Å². The molecule has 0 unspecified atom stereocenters. The molecule has 6 nitrogen and oxygen atoms in total. The van der Waals surface area contributed by atoms with Crippen molar-refractivity contribution in [3.8, 4) is 0 Å². The third-order valence-electron chi connectivity index (χ3n) is 4.64. The van der Waals surface area contributed by atoms with E-state index in [1.165, 1.54) is 12.5 Å². The Morgan fingerprint density at radius 1 is 1.00 bits per heavy atom. The molecule has 0 fully saturated rings. The zero-order chi connectivity index (χ0) is 21.8. The molecule has 0 aliphatic carbocycles. The second kappa shape index (κ2) is 12.6. The minimum Gasteiger partial charge on any atom is -0.478 e. The Balaban J connectivity index is 0.000000331. The first-order chi connectivity index (χ1) is 13.8. The van der Waals surface area contributed by atoms with Crippen molar-refractivity contribution in [3.05, 3.63) is 59.2 Å². The van der Waals surface area contributed by atoms with Gasteiger partial charge in [0.1, 0.15) is 6.61 Å². The lowest BCUT2D eigenvalue weighted by Gasteiger charge is -2.16. The van der Waals surface area contributed by atoms with Gasteiger partial charge in [0.15, 0.2) is 0 Å². The first-order valence-corrected chi connectivity index (χ1v) is 9.81. The van der Waals surface area contributed by atoms with Crippen LogP contribution in [0.3, 0.4) is 0 Å². The van der Waals surface area contributed by atoms with Crippen molar-refractivity contribution in [2.75, 3.05) is 31.6 Å². The van der Waals surface area contributed by atoms with Crippen LogP contribution in [0.4, 0.5) is 11.4 Å². The number of benzene rings is 2. The van der Waals surface area contributed by atoms with Crippen LogP contribution >= 0.6 is 0 Å². The Morgan fingerprint density at radius 2 is 1.62 bits per heavy atom. The molecule has 0 amide bonds. The molecule has 0 spiro atoms. The van der Waals surface area contributed by atoms with Gasteiger partial charge in [-0.25, -0.2) is 4.79 Å². The number of para-hydroxylation sites is 1. The summed E-state index contributed by atoms with van der Waals surface area (Å²) in [5.74, 6) is -1.12. The number of anilines is 2. The Kier molecular flexibility index (Phi) is 10.5. The number of carboxylic acid groups (broad SMARTS) is 1. The first-order valence-electron chi connectivity index (χ1n) is 9.81. The number of hydrogen-bond donors (Lipinski definition) is 2. The molecule has 2 N–H and O–H groups in total. The number of aryl methyl sites for hydroxylation is 1. The number of nitrogens with zero attached hydrogens (tertiary/aromatic N) is 1. The van der Waals surface area contributed by atoms with Crippen LogP contribution in [0.25, 0.3) is 0 Å². The lowest BCUT2D eigenvalue weighted by atomic mass is 10.1. The molecule has 0 bridgehead atoms. The third kappa shape index (κ3) is 8.35. The van der Waals surface area contributed by atoms with Crippen LogP contribution in [0, 0.1) is 13.8 Å². The number of esters is 1. The van der Waals surface area contributed by atoms with E-state index in [4.69, 9.17) is 9.84 Å². The topological polar surface area (TPSA) is 78.9 Å². The Hall–Kier alpha value is -2.86. The molecule has 0 atom stereocenters. The summed E-state index contributed by atoms with van der Waals surface area (Å²) in [6.45, 7) is 13.0. The number of aromatic carboxylic acids is 1. The highest BCUT2D eigenvalue weighted by Gasteiger charge is 2.10. The van der Waals surface area contributed by atoms with E-state index in [-0.39, 0.29) is 11.5 Å². The highest BCUT2D eigenvalue weighted by atomic mass is 16.5. The lowest BCUT2D eigenvalue weighted by molar-refractivity contribution is -0.141. The van der Waals surface area contributed by atoms with E-state index in [1.807, 2.05) is 38.1 Å². The number of hydrogen-bond acceptors (Lipinski definition) is 5. The zero-order valence-electron chi connectivity index (χ0n) is 18.0. The van der Waals surface area contributed by atoms with E-state index in [2.05, 4.69) is 24.1 Å². The molecule has 0 heterocycles. The third-order valence-corrected chi connectivity index (χ3v) is 4.64. The van der Waals surface area contributed by atoms with Crippen LogP contribution in [0.2, 0.25) is 0 Å². The molecule has 0 aromatic heterocycles. The second-order valence-corrected chi connectivity index (χ2v) is 6.59. The number of rotatable bonds is 8. The first kappa shape index (κ1) is 24.2. The average Bonchev–Trinajstić information content (AvgIpc) is 2.69. The summed E-state index contributed by atoms with van der Waals surface area (Å²) < 4.78 is 4.80. The van der Waals surface area contributed by atoms with Crippen LogP contribution in [-0.4, -0.2) is 48.2 Å². The highest BCUT2D eigenvalue weighted by molar-refractivity contribution is 5.95. The lowest BCUT2D eigenvalue weighted by Crippen LogP contribution is -2.27. The van der Waals surface area contributed by atoms with Crippen molar-refractivity contribution in [1.29, 1.82) is 0 Å². The quantitative estimate of drug-likeness (QED) is 0.629. The molecule has 2 aromatic rings. The minimum atomic E-state index is -0.927. The van der Waals surface area contributed by atoms with Gasteiger partial charge in [0.25, 0.3) is 0 Å². The van der Waals surface area contributed by atoms with Crippen molar-refractivity contribution in [2.24, 2.45) is 0 Å². The van der Waals surface area contributed by atoms with E-state index < -0.39 is 5.97 Å². The Morgan fingerprint density at radius 3 is 2.21 bits per heavy atom. The SMILES string of the molecule is CCN(CC)CCOC(C)=O.Cc1cccc(Nc2ccccc2C(=O)O)c1C. The summed E-state index contributed by atoms with van der Waals surface area (Å²) in [5, 5.41) is 12.3. The molecule has 0 radical (unpaired) electrons. The van der Waals surface area contributed by atoms with Crippen molar-refractivity contribution in [2.45, 2.75) is 34.6 Å². The standard InChI is InChI=1S/C15H15NO2.C8H17NO2/c1-10-6-5-9-13(11(10)2)16-14-8-4-3-7-12(14)15(17)18;1-4-9(5-2)6-7-11-8(3)10/h3-9,16H,1-2H3,(H,17,18);4-7H2,1-3H3. The molecule has 6 heteroatoms. The molecule has 158 valence electrons. The molecule has 0 aliphatic heterocycles. The molecule has 2 aromatic carbocycles. The van der Waals surface area contributed by atoms with E-state index in [0.717, 1.165) is 30.9 Å². The van der Waals surface area contributed by atoms with Gasteiger partial charge in [0, 0.05) is 19.2 Å². The van der Waals surface area contributed by atoms with Crippen LogP contribution in [0.15, 0.2) is 42.5 Å². The number of ether oxygens (including phenoxy) is 1. The van der Waals surface area contributed by atoms with Gasteiger partial charge >= 0.3 is 11.9 Å². The van der Waals surface area contributed by atoms with Gasteiger partial charge in [-0.1, -0.05) is 38.1 Å². The maximum Gasteiger partial charge on any atom is 0.337 e. The number of likely N-dealkylation sites (N-methyl/N-ethyl adjacent to an activating group) is 1. The summed E-state index contributed by atoms with van der Waals surface area (Å²) in [7, 11) is 0. The molecule has 2 rings (SSSR count). The zero-order valence-corrected chi connectivity index (χ0v) is 18.0. The largest absolute Gasteiger partial charge is 0.478 e. The van der Waals surface area contributed by atoms with Crippen LogP contribution in [0.5, 0.6) is 0 Å². The summed E-state index contributed by atoms with van der Waals surface area (Å²) in [6.07, 6.45) is 0. The predicted octanol–water partition coefficient (Wildman–Crippen LogP) is 4.64. The van der Waals surface area contributed by atoms with E-state index in [0.29, 0.717) is 12.3 Å². The maximum absolute atomic E-state index is 11.1. The van der Waals surface area contributed by atoms with Crippen molar-refractivity contribution < 1.29 is 19.4 Å². The fraction of sp³-hybridized carbons (Fsp3) is 0.391. The molecular weight excluding hydrogens is 368 g/mol. The molecule has 0 aliphatic rings. The summed E-state index contributed by atoms with van der Waals surface area (Å²) >= 11 is 0. The number of carbonyl (C=O) groups excluding carboxylic acids is 1. The van der Waals surface area contributed by atoms with E-state index in [1.54, 1.807) is 18.2 Å². The second-order valence-electron chi connectivity index (χ2n) is 6.59. The summed E-state index contributed by atoms with van der Waals surface area (Å²) in [4.78, 5) is 23.7. The average molecular weight is 401 g/mol. The van der Waals surface area contributed by atoms with Gasteiger partial charge < -0.3 is 20.1 Å². The smallest absolute Gasteiger partial charge is 0.337 e. The summed E-state index contributed by atoms with van der Waals surface area (Å²) in [6, 6.07) is 12.8. The molecular formula is C23H32N2O4. The fourth-order valence-corrected chi connectivity index (χ4v) is 2.67. The number of carboxylic acids is 1. The van der Waals surface area contributed by atoms with E-state index >= 15 is 0 Å². The fourth-order valence-electron chi connectivity index (χ4n) is 2.67. The van der Waals surface area contributed by atoms with Crippen LogP contribution < -0.4 is 5.32 Å². The minimum absolute atomic E-state index is 0.197. The van der Waals surface area contributed by atoms with Crippen molar-refractivity contribution in [3.63, 3.8) is 0 Å². The Labute approximate surface area is 173 Å². The predicted molar refractivity (Wildman–Crippen MR) is 117 cm³/mol. The molecule has 0 saturated carbocycles.